The predicted molar refractivity (Wildman–Crippen MR) is 156 cm³/mol. The van der Waals surface area contributed by atoms with Crippen LogP contribution in [0.4, 0.5) is 0 Å². The maximum absolute atomic E-state index is 13.9. The molecule has 0 radical (unpaired) electrons. The van der Waals surface area contributed by atoms with E-state index < -0.39 is 6.04 Å². The molecule has 3 aromatic rings. The molecule has 3 aromatic carbocycles. The third kappa shape index (κ3) is 7.58. The molecule has 0 spiro atoms. The molecule has 1 aliphatic rings. The Morgan fingerprint density at radius 1 is 0.974 bits per heavy atom. The van der Waals surface area contributed by atoms with Gasteiger partial charge in [-0.1, -0.05) is 92.9 Å². The first kappa shape index (κ1) is 28.1. The summed E-state index contributed by atoms with van der Waals surface area (Å²) in [5, 5.41) is 9.86. The van der Waals surface area contributed by atoms with Crippen molar-refractivity contribution in [3.8, 4) is 0 Å². The molecule has 2 atom stereocenters. The molecule has 0 saturated carbocycles. The molecular weight excluding hydrogens is 494 g/mol. The zero-order chi connectivity index (χ0) is 26.9. The highest BCUT2D eigenvalue weighted by molar-refractivity contribution is 6.30. The quantitative estimate of drug-likeness (QED) is 0.328. The number of hydrogen-bond donors (Lipinski definition) is 2. The van der Waals surface area contributed by atoms with Gasteiger partial charge in [0.2, 0.25) is 11.8 Å². The number of nitrogens with one attached hydrogen (secondary N) is 2. The Morgan fingerprint density at radius 3 is 2.37 bits per heavy atom. The molecule has 1 heterocycles. The molecule has 38 heavy (non-hydrogen) atoms. The van der Waals surface area contributed by atoms with Crippen molar-refractivity contribution in [2.24, 2.45) is 5.92 Å². The Balaban J connectivity index is 1.47. The topological polar surface area (TPSA) is 61.4 Å². The van der Waals surface area contributed by atoms with Gasteiger partial charge >= 0.3 is 0 Å². The Kier molecular flexibility index (Phi) is 10.2. The van der Waals surface area contributed by atoms with Crippen molar-refractivity contribution in [1.82, 2.24) is 15.5 Å². The van der Waals surface area contributed by atoms with Gasteiger partial charge in [0, 0.05) is 43.0 Å². The highest BCUT2D eigenvalue weighted by Crippen LogP contribution is 2.19. The highest BCUT2D eigenvalue weighted by Gasteiger charge is 2.31. The van der Waals surface area contributed by atoms with Crippen molar-refractivity contribution < 1.29 is 9.59 Å². The van der Waals surface area contributed by atoms with Gasteiger partial charge in [-0.15, -0.1) is 0 Å². The van der Waals surface area contributed by atoms with Gasteiger partial charge in [-0.25, -0.2) is 0 Å². The van der Waals surface area contributed by atoms with Crippen molar-refractivity contribution >= 4 is 34.2 Å². The normalized spacial score (nSPS) is 16.5. The zero-order valence-electron chi connectivity index (χ0n) is 22.6. The van der Waals surface area contributed by atoms with E-state index in [4.69, 9.17) is 11.6 Å². The molecule has 4 rings (SSSR count). The molecule has 1 aliphatic heterocycles. The largest absolute Gasteiger partial charge is 0.344 e. The van der Waals surface area contributed by atoms with E-state index in [1.54, 1.807) is 0 Å². The van der Waals surface area contributed by atoms with Gasteiger partial charge in [0.1, 0.15) is 6.04 Å². The van der Waals surface area contributed by atoms with Crippen LogP contribution in [0.15, 0.2) is 66.7 Å². The van der Waals surface area contributed by atoms with Crippen LogP contribution in [0.1, 0.15) is 50.7 Å². The number of halogens is 1. The summed E-state index contributed by atoms with van der Waals surface area (Å²) in [6.45, 7) is 6.19. The molecule has 6 heteroatoms. The second-order valence-corrected chi connectivity index (χ2v) is 10.9. The lowest BCUT2D eigenvalue weighted by molar-refractivity contribution is -0.138. The second kappa shape index (κ2) is 13.8. The van der Waals surface area contributed by atoms with Gasteiger partial charge in [0.15, 0.2) is 0 Å². The van der Waals surface area contributed by atoms with Crippen LogP contribution in [0.25, 0.3) is 10.8 Å². The predicted octanol–water partition coefficient (Wildman–Crippen LogP) is 5.78. The van der Waals surface area contributed by atoms with Crippen LogP contribution in [-0.4, -0.2) is 48.4 Å². The molecule has 5 nitrogen and oxygen atoms in total. The number of carbonyl (C=O) groups excluding carboxylic acids is 2. The summed E-state index contributed by atoms with van der Waals surface area (Å²) in [5.41, 5.74) is 2.24. The number of hydrogen-bond acceptors (Lipinski definition) is 3. The van der Waals surface area contributed by atoms with Crippen LogP contribution >= 0.6 is 11.6 Å². The maximum atomic E-state index is 13.9. The third-order valence-corrected chi connectivity index (χ3v) is 7.73. The van der Waals surface area contributed by atoms with Gasteiger partial charge in [0.05, 0.1) is 0 Å². The summed E-state index contributed by atoms with van der Waals surface area (Å²) in [7, 11) is 0. The Bertz CT molecular complexity index is 1210. The number of piperazine rings is 1. The second-order valence-electron chi connectivity index (χ2n) is 10.5. The van der Waals surface area contributed by atoms with Crippen LogP contribution in [0.2, 0.25) is 5.02 Å². The smallest absolute Gasteiger partial charge is 0.245 e. The van der Waals surface area contributed by atoms with Gasteiger partial charge < -0.3 is 15.5 Å². The summed E-state index contributed by atoms with van der Waals surface area (Å²) >= 11 is 6.09. The fraction of sp³-hybridized carbons (Fsp3) is 0.438. The summed E-state index contributed by atoms with van der Waals surface area (Å²) in [5.74, 6) is -0.0805. The van der Waals surface area contributed by atoms with Crippen LogP contribution in [-0.2, 0) is 22.4 Å². The minimum Gasteiger partial charge on any atom is -0.344 e. The molecule has 202 valence electrons. The Labute approximate surface area is 231 Å². The van der Waals surface area contributed by atoms with Gasteiger partial charge in [0.25, 0.3) is 0 Å². The first-order valence-corrected chi connectivity index (χ1v) is 14.4. The van der Waals surface area contributed by atoms with Crippen molar-refractivity contribution in [3.05, 3.63) is 82.9 Å². The average molecular weight is 534 g/mol. The van der Waals surface area contributed by atoms with Gasteiger partial charge in [-0.2, -0.15) is 0 Å². The van der Waals surface area contributed by atoms with E-state index in [9.17, 15) is 9.59 Å². The molecule has 0 unspecified atom stereocenters. The molecule has 2 amide bonds. The number of carbonyl (C=O) groups is 2. The lowest BCUT2D eigenvalue weighted by Gasteiger charge is -2.36. The van der Waals surface area contributed by atoms with E-state index in [1.807, 2.05) is 29.2 Å². The van der Waals surface area contributed by atoms with Crippen LogP contribution < -0.4 is 10.6 Å². The summed E-state index contributed by atoms with van der Waals surface area (Å²) < 4.78 is 0. The summed E-state index contributed by atoms with van der Waals surface area (Å²) in [4.78, 5) is 29.1. The lowest BCUT2D eigenvalue weighted by Crippen LogP contribution is -2.58. The van der Waals surface area contributed by atoms with E-state index in [0.29, 0.717) is 24.5 Å². The minimum absolute atomic E-state index is 0.00921. The van der Waals surface area contributed by atoms with Crippen molar-refractivity contribution in [2.45, 2.75) is 64.5 Å². The van der Waals surface area contributed by atoms with Gasteiger partial charge in [-0.3, -0.25) is 9.59 Å². The molecule has 0 aromatic heterocycles. The van der Waals surface area contributed by atoms with Crippen LogP contribution in [0.3, 0.4) is 0 Å². The first-order valence-electron chi connectivity index (χ1n) is 14.0. The lowest BCUT2D eigenvalue weighted by atomic mass is 9.96. The summed E-state index contributed by atoms with van der Waals surface area (Å²) in [6, 6.07) is 22.1. The van der Waals surface area contributed by atoms with Crippen LogP contribution in [0, 0.1) is 5.92 Å². The molecule has 0 aliphatic carbocycles. The van der Waals surface area contributed by atoms with E-state index in [0.717, 1.165) is 44.2 Å². The van der Waals surface area contributed by atoms with E-state index >= 15 is 0 Å². The van der Waals surface area contributed by atoms with E-state index in [2.05, 4.69) is 66.9 Å². The summed E-state index contributed by atoms with van der Waals surface area (Å²) in [6.07, 6.45) is 4.86. The molecular formula is C32H40ClN3O2. The number of fused-ring (bicyclic) bond motifs is 1. The van der Waals surface area contributed by atoms with Crippen LogP contribution in [0.5, 0.6) is 0 Å². The molecule has 2 N–H and O–H groups in total. The number of amides is 2. The highest BCUT2D eigenvalue weighted by atomic mass is 35.5. The molecule has 1 fully saturated rings. The fourth-order valence-electron chi connectivity index (χ4n) is 5.48. The Morgan fingerprint density at radius 2 is 1.66 bits per heavy atom. The Hall–Kier alpha value is -2.89. The maximum Gasteiger partial charge on any atom is 0.245 e. The fourth-order valence-corrected chi connectivity index (χ4v) is 5.61. The van der Waals surface area contributed by atoms with Crippen molar-refractivity contribution in [3.63, 3.8) is 0 Å². The standard InChI is InChI=1S/C32H40ClN3O2/c1-3-7-26(8-4-2)31(37)35-30(21-23-12-15-28(33)16-13-23)32(38)36-18-17-34-29(22-36)20-24-11-14-25-9-5-6-10-27(25)19-24/h5-6,9-16,19,26,29-30,34H,3-4,7-8,17-18,20-22H2,1-2H3,(H,35,37)/t29-,30-/m1/s1. The third-order valence-electron chi connectivity index (χ3n) is 7.48. The molecule has 0 bridgehead atoms. The van der Waals surface area contributed by atoms with E-state index in [1.165, 1.54) is 16.3 Å². The monoisotopic (exact) mass is 533 g/mol. The van der Waals surface area contributed by atoms with Gasteiger partial charge in [-0.05, 0) is 53.3 Å². The van der Waals surface area contributed by atoms with Crippen molar-refractivity contribution in [2.75, 3.05) is 19.6 Å². The zero-order valence-corrected chi connectivity index (χ0v) is 23.3. The number of nitrogens with zero attached hydrogens (tertiary/aromatic N) is 1. The number of rotatable bonds is 11. The minimum atomic E-state index is -0.598. The van der Waals surface area contributed by atoms with E-state index in [-0.39, 0.29) is 23.8 Å². The number of benzene rings is 3. The van der Waals surface area contributed by atoms with Crippen molar-refractivity contribution in [1.29, 1.82) is 0 Å². The first-order chi connectivity index (χ1) is 18.5. The SMILES string of the molecule is CCCC(CCC)C(=O)N[C@H](Cc1ccc(Cl)cc1)C(=O)N1CCN[C@H](Cc2ccc3ccccc3c2)C1. The molecule has 1 saturated heterocycles. The average Bonchev–Trinajstić information content (AvgIpc) is 2.93.